The topological polar surface area (TPSA) is 47.3 Å². The van der Waals surface area contributed by atoms with Crippen LogP contribution in [-0.4, -0.2) is 11.1 Å². The number of pyridine rings is 1. The normalized spacial score (nSPS) is 15.9. The van der Waals surface area contributed by atoms with Crippen molar-refractivity contribution in [2.24, 2.45) is 0 Å². The fourth-order valence-electron chi connectivity index (χ4n) is 2.89. The first-order valence-electron chi connectivity index (χ1n) is 8.17. The lowest BCUT2D eigenvalue weighted by Gasteiger charge is -2.22. The number of nitrogens with zero attached hydrogens (tertiary/aromatic N) is 1. The molecule has 1 aliphatic rings. The van der Waals surface area contributed by atoms with E-state index >= 15 is 0 Å². The third-order valence-corrected chi connectivity index (χ3v) is 4.06. The lowest BCUT2D eigenvalue weighted by Crippen LogP contribution is -2.20. The molecule has 0 amide bonds. The number of hydrogen-bond donors (Lipinski definition) is 1. The fraction of sp³-hybridized carbons (Fsp3) is 0.500. The van der Waals surface area contributed by atoms with Gasteiger partial charge in [0, 0.05) is 18.8 Å². The molecule has 0 atom stereocenters. The Bertz CT molecular complexity index is 588. The molecular formula is C18H24N2O2. The van der Waals surface area contributed by atoms with E-state index in [4.69, 9.17) is 9.15 Å². The maximum atomic E-state index is 6.01. The lowest BCUT2D eigenvalue weighted by molar-refractivity contribution is 0.148. The van der Waals surface area contributed by atoms with E-state index in [1.165, 1.54) is 24.8 Å². The number of furan rings is 1. The highest BCUT2D eigenvalue weighted by atomic mass is 16.5. The Morgan fingerprint density at radius 3 is 2.82 bits per heavy atom. The molecule has 0 aliphatic heterocycles. The zero-order chi connectivity index (χ0) is 15.2. The molecule has 2 heterocycles. The molecule has 0 radical (unpaired) electrons. The van der Waals surface area contributed by atoms with Gasteiger partial charge >= 0.3 is 0 Å². The SMILES string of the molecule is Cc1ccc(CNCc2ccnc(OC3CCCCC3)c2)o1. The van der Waals surface area contributed by atoms with Gasteiger partial charge in [0.1, 0.15) is 17.6 Å². The van der Waals surface area contributed by atoms with E-state index in [0.717, 1.165) is 43.3 Å². The summed E-state index contributed by atoms with van der Waals surface area (Å²) in [5.41, 5.74) is 1.18. The number of rotatable bonds is 6. The number of nitrogens with one attached hydrogen (secondary N) is 1. The first kappa shape index (κ1) is 15.1. The Morgan fingerprint density at radius 2 is 2.05 bits per heavy atom. The third kappa shape index (κ3) is 4.34. The van der Waals surface area contributed by atoms with Crippen molar-refractivity contribution in [2.45, 2.75) is 58.2 Å². The molecule has 2 aromatic heterocycles. The number of aromatic nitrogens is 1. The number of ether oxygens (including phenoxy) is 1. The van der Waals surface area contributed by atoms with Gasteiger partial charge < -0.3 is 14.5 Å². The average molecular weight is 300 g/mol. The summed E-state index contributed by atoms with van der Waals surface area (Å²) in [6, 6.07) is 8.05. The van der Waals surface area contributed by atoms with Crippen molar-refractivity contribution in [1.29, 1.82) is 0 Å². The second-order valence-corrected chi connectivity index (χ2v) is 6.00. The zero-order valence-electron chi connectivity index (χ0n) is 13.2. The monoisotopic (exact) mass is 300 g/mol. The molecule has 0 bridgehead atoms. The first-order chi connectivity index (χ1) is 10.8. The quantitative estimate of drug-likeness (QED) is 0.876. The summed E-state index contributed by atoms with van der Waals surface area (Å²) < 4.78 is 11.6. The van der Waals surface area contributed by atoms with Crippen LogP contribution in [0.3, 0.4) is 0 Å². The molecule has 0 unspecified atom stereocenters. The standard InChI is InChI=1S/C18H24N2O2/c1-14-7-8-17(21-14)13-19-12-15-9-10-20-18(11-15)22-16-5-3-2-4-6-16/h7-11,16,19H,2-6,12-13H2,1H3. The Labute approximate surface area is 131 Å². The van der Waals surface area contributed by atoms with E-state index in [1.54, 1.807) is 0 Å². The van der Waals surface area contributed by atoms with Gasteiger partial charge in [-0.05, 0) is 56.4 Å². The molecule has 0 saturated heterocycles. The van der Waals surface area contributed by atoms with Gasteiger partial charge in [-0.1, -0.05) is 6.42 Å². The average Bonchev–Trinajstić information content (AvgIpc) is 2.94. The molecular weight excluding hydrogens is 276 g/mol. The predicted octanol–water partition coefficient (Wildman–Crippen LogP) is 3.98. The minimum atomic E-state index is 0.343. The van der Waals surface area contributed by atoms with Crippen molar-refractivity contribution in [3.63, 3.8) is 0 Å². The van der Waals surface area contributed by atoms with Gasteiger partial charge in [-0.2, -0.15) is 0 Å². The molecule has 1 saturated carbocycles. The first-order valence-corrected chi connectivity index (χ1v) is 8.17. The van der Waals surface area contributed by atoms with Gasteiger partial charge in [0.2, 0.25) is 5.88 Å². The summed E-state index contributed by atoms with van der Waals surface area (Å²) in [7, 11) is 0. The van der Waals surface area contributed by atoms with E-state index in [9.17, 15) is 0 Å². The molecule has 1 N–H and O–H groups in total. The van der Waals surface area contributed by atoms with Crippen LogP contribution >= 0.6 is 0 Å². The smallest absolute Gasteiger partial charge is 0.213 e. The van der Waals surface area contributed by atoms with Crippen LogP contribution < -0.4 is 10.1 Å². The van der Waals surface area contributed by atoms with Crippen molar-refractivity contribution in [1.82, 2.24) is 10.3 Å². The van der Waals surface area contributed by atoms with E-state index in [1.807, 2.05) is 37.4 Å². The van der Waals surface area contributed by atoms with Crippen LogP contribution in [0.5, 0.6) is 5.88 Å². The van der Waals surface area contributed by atoms with Gasteiger partial charge in [0.15, 0.2) is 0 Å². The largest absolute Gasteiger partial charge is 0.474 e. The molecule has 22 heavy (non-hydrogen) atoms. The summed E-state index contributed by atoms with van der Waals surface area (Å²) >= 11 is 0. The second-order valence-electron chi connectivity index (χ2n) is 6.00. The predicted molar refractivity (Wildman–Crippen MR) is 85.7 cm³/mol. The Balaban J connectivity index is 1.50. The highest BCUT2D eigenvalue weighted by molar-refractivity contribution is 5.20. The van der Waals surface area contributed by atoms with Crippen molar-refractivity contribution in [3.8, 4) is 5.88 Å². The van der Waals surface area contributed by atoms with Crippen LogP contribution in [0, 0.1) is 6.92 Å². The van der Waals surface area contributed by atoms with E-state index in [0.29, 0.717) is 6.10 Å². The van der Waals surface area contributed by atoms with E-state index < -0.39 is 0 Å². The highest BCUT2D eigenvalue weighted by Gasteiger charge is 2.15. The Kier molecular flexibility index (Phi) is 5.11. The summed E-state index contributed by atoms with van der Waals surface area (Å²) in [4.78, 5) is 4.33. The van der Waals surface area contributed by atoms with Crippen LogP contribution in [0.15, 0.2) is 34.9 Å². The van der Waals surface area contributed by atoms with Crippen molar-refractivity contribution in [3.05, 3.63) is 47.5 Å². The molecule has 3 rings (SSSR count). The minimum Gasteiger partial charge on any atom is -0.474 e. The molecule has 4 nitrogen and oxygen atoms in total. The molecule has 0 spiro atoms. The van der Waals surface area contributed by atoms with Crippen molar-refractivity contribution >= 4 is 0 Å². The zero-order valence-corrected chi connectivity index (χ0v) is 13.2. The maximum absolute atomic E-state index is 6.01. The summed E-state index contributed by atoms with van der Waals surface area (Å²) in [6.45, 7) is 3.47. The fourth-order valence-corrected chi connectivity index (χ4v) is 2.89. The van der Waals surface area contributed by atoms with E-state index in [2.05, 4.69) is 10.3 Å². The van der Waals surface area contributed by atoms with Gasteiger partial charge in [-0.3, -0.25) is 0 Å². The van der Waals surface area contributed by atoms with Gasteiger partial charge in [0.25, 0.3) is 0 Å². The summed E-state index contributed by atoms with van der Waals surface area (Å²) in [5, 5.41) is 3.39. The molecule has 118 valence electrons. The van der Waals surface area contributed by atoms with Crippen LogP contribution in [0.25, 0.3) is 0 Å². The van der Waals surface area contributed by atoms with Crippen LogP contribution in [0.1, 0.15) is 49.2 Å². The van der Waals surface area contributed by atoms with Crippen molar-refractivity contribution in [2.75, 3.05) is 0 Å². The van der Waals surface area contributed by atoms with Crippen molar-refractivity contribution < 1.29 is 9.15 Å². The molecule has 1 aliphatic carbocycles. The van der Waals surface area contributed by atoms with Crippen LogP contribution in [0.4, 0.5) is 0 Å². The van der Waals surface area contributed by atoms with Gasteiger partial charge in [0.05, 0.1) is 6.54 Å². The van der Waals surface area contributed by atoms with Gasteiger partial charge in [-0.15, -0.1) is 0 Å². The number of aryl methyl sites for hydroxylation is 1. The second kappa shape index (κ2) is 7.45. The van der Waals surface area contributed by atoms with E-state index in [-0.39, 0.29) is 0 Å². The third-order valence-electron chi connectivity index (χ3n) is 4.06. The molecule has 1 fully saturated rings. The Morgan fingerprint density at radius 1 is 1.18 bits per heavy atom. The summed E-state index contributed by atoms with van der Waals surface area (Å²) in [5.74, 6) is 2.66. The Hall–Kier alpha value is -1.81. The minimum absolute atomic E-state index is 0.343. The molecule has 0 aromatic carbocycles. The lowest BCUT2D eigenvalue weighted by atomic mass is 9.98. The molecule has 2 aromatic rings. The van der Waals surface area contributed by atoms with Gasteiger partial charge in [-0.25, -0.2) is 4.98 Å². The van der Waals surface area contributed by atoms with Crippen LogP contribution in [-0.2, 0) is 13.1 Å². The summed E-state index contributed by atoms with van der Waals surface area (Å²) in [6.07, 6.45) is 8.36. The number of hydrogen-bond acceptors (Lipinski definition) is 4. The van der Waals surface area contributed by atoms with Crippen LogP contribution in [0.2, 0.25) is 0 Å². The highest BCUT2D eigenvalue weighted by Crippen LogP contribution is 2.22. The molecule has 4 heteroatoms. The maximum Gasteiger partial charge on any atom is 0.213 e.